The van der Waals surface area contributed by atoms with E-state index in [-0.39, 0.29) is 23.8 Å². The van der Waals surface area contributed by atoms with Gasteiger partial charge in [0.25, 0.3) is 0 Å². The minimum absolute atomic E-state index is 0.0793. The lowest BCUT2D eigenvalue weighted by molar-refractivity contribution is -0.142. The zero-order chi connectivity index (χ0) is 19.8. The Bertz CT molecular complexity index is 710. The lowest BCUT2D eigenvalue weighted by Gasteiger charge is -2.27. The number of carboxylic acid groups (broad SMARTS) is 1. The van der Waals surface area contributed by atoms with Gasteiger partial charge in [0.05, 0.1) is 5.92 Å². The highest BCUT2D eigenvalue weighted by Gasteiger charge is 2.27. The molecule has 2 aromatic rings. The van der Waals surface area contributed by atoms with E-state index >= 15 is 0 Å². The highest BCUT2D eigenvalue weighted by atomic mass is 16.4. The van der Waals surface area contributed by atoms with Crippen LogP contribution in [0, 0.1) is 11.8 Å². The van der Waals surface area contributed by atoms with Crippen LogP contribution in [0.25, 0.3) is 0 Å². The summed E-state index contributed by atoms with van der Waals surface area (Å²) in [5.74, 6) is -0.650. The van der Waals surface area contributed by atoms with Crippen molar-refractivity contribution in [3.63, 3.8) is 0 Å². The zero-order valence-corrected chi connectivity index (χ0v) is 16.2. The van der Waals surface area contributed by atoms with Crippen molar-refractivity contribution in [2.24, 2.45) is 11.8 Å². The topological polar surface area (TPSA) is 66.4 Å². The van der Waals surface area contributed by atoms with Crippen LogP contribution in [0.15, 0.2) is 60.7 Å². The predicted molar refractivity (Wildman–Crippen MR) is 110 cm³/mol. The van der Waals surface area contributed by atoms with E-state index in [1.165, 1.54) is 11.1 Å². The number of aliphatic carboxylic acids is 1. The molecule has 1 aliphatic rings. The molecule has 0 unspecified atom stereocenters. The summed E-state index contributed by atoms with van der Waals surface area (Å²) in [6.07, 6.45) is 5.04. The Kier molecular flexibility index (Phi) is 7.24. The summed E-state index contributed by atoms with van der Waals surface area (Å²) in [7, 11) is 0. The van der Waals surface area contributed by atoms with E-state index in [1.807, 2.05) is 36.4 Å². The molecular weight excluding hydrogens is 350 g/mol. The van der Waals surface area contributed by atoms with Gasteiger partial charge in [-0.1, -0.05) is 60.7 Å². The molecule has 0 aliphatic heterocycles. The molecule has 0 bridgehead atoms. The Morgan fingerprint density at radius 3 is 1.82 bits per heavy atom. The molecule has 2 aromatic carbocycles. The van der Waals surface area contributed by atoms with Gasteiger partial charge in [0.15, 0.2) is 0 Å². The molecular formula is C24H29NO3. The summed E-state index contributed by atoms with van der Waals surface area (Å²) in [5.41, 5.74) is 2.50. The van der Waals surface area contributed by atoms with Crippen molar-refractivity contribution in [3.05, 3.63) is 71.8 Å². The largest absolute Gasteiger partial charge is 0.481 e. The van der Waals surface area contributed by atoms with Gasteiger partial charge < -0.3 is 10.4 Å². The van der Waals surface area contributed by atoms with Crippen molar-refractivity contribution >= 4 is 11.9 Å². The van der Waals surface area contributed by atoms with Crippen LogP contribution >= 0.6 is 0 Å². The third kappa shape index (κ3) is 6.22. The molecule has 4 nitrogen and oxygen atoms in total. The van der Waals surface area contributed by atoms with E-state index in [0.717, 1.165) is 25.7 Å². The minimum Gasteiger partial charge on any atom is -0.481 e. The lowest BCUT2D eigenvalue weighted by Crippen LogP contribution is -2.39. The molecule has 0 spiro atoms. The lowest BCUT2D eigenvalue weighted by atomic mass is 9.85. The maximum Gasteiger partial charge on any atom is 0.306 e. The van der Waals surface area contributed by atoms with Gasteiger partial charge in [-0.2, -0.15) is 0 Å². The number of carboxylic acids is 1. The van der Waals surface area contributed by atoms with Gasteiger partial charge >= 0.3 is 5.97 Å². The van der Waals surface area contributed by atoms with Crippen LogP contribution in [0.1, 0.15) is 43.2 Å². The van der Waals surface area contributed by atoms with Crippen LogP contribution in [0.3, 0.4) is 0 Å². The molecule has 1 aliphatic carbocycles. The van der Waals surface area contributed by atoms with Gasteiger partial charge in [-0.3, -0.25) is 9.59 Å². The monoisotopic (exact) mass is 379 g/mol. The normalized spacial score (nSPS) is 19.3. The molecule has 0 radical (unpaired) electrons. The Morgan fingerprint density at radius 2 is 1.36 bits per heavy atom. The minimum atomic E-state index is -0.712. The first-order valence-electron chi connectivity index (χ1n) is 10.2. The second-order valence-electron chi connectivity index (χ2n) is 7.90. The molecule has 4 heteroatoms. The van der Waals surface area contributed by atoms with Crippen LogP contribution in [0.5, 0.6) is 0 Å². The summed E-state index contributed by atoms with van der Waals surface area (Å²) >= 11 is 0. The third-order valence-corrected chi connectivity index (χ3v) is 5.65. The van der Waals surface area contributed by atoms with E-state index in [4.69, 9.17) is 5.11 Å². The number of nitrogens with one attached hydrogen (secondary N) is 1. The Hall–Kier alpha value is -2.62. The average molecular weight is 380 g/mol. The highest BCUT2D eigenvalue weighted by molar-refractivity contribution is 5.76. The quantitative estimate of drug-likeness (QED) is 0.721. The van der Waals surface area contributed by atoms with Gasteiger partial charge in [0.2, 0.25) is 5.91 Å². The molecule has 1 saturated carbocycles. The van der Waals surface area contributed by atoms with Crippen molar-refractivity contribution in [1.82, 2.24) is 5.32 Å². The van der Waals surface area contributed by atoms with Crippen molar-refractivity contribution in [2.45, 2.75) is 51.0 Å². The third-order valence-electron chi connectivity index (χ3n) is 5.65. The van der Waals surface area contributed by atoms with Gasteiger partial charge in [-0.25, -0.2) is 0 Å². The fourth-order valence-electron chi connectivity index (χ4n) is 4.14. The number of carbonyl (C=O) groups is 2. The number of rotatable bonds is 8. The van der Waals surface area contributed by atoms with E-state index in [0.29, 0.717) is 19.3 Å². The molecule has 1 fully saturated rings. The Balaban J connectivity index is 1.57. The SMILES string of the molecule is O=C(CC(Cc1ccccc1)Cc1ccccc1)NC1CCC(C(=O)O)CC1. The van der Waals surface area contributed by atoms with Gasteiger partial charge in [0, 0.05) is 12.5 Å². The fraction of sp³-hybridized carbons (Fsp3) is 0.417. The fourth-order valence-corrected chi connectivity index (χ4v) is 4.14. The van der Waals surface area contributed by atoms with Crippen molar-refractivity contribution in [1.29, 1.82) is 0 Å². The summed E-state index contributed by atoms with van der Waals surface area (Å²) in [6.45, 7) is 0. The van der Waals surface area contributed by atoms with E-state index < -0.39 is 5.97 Å². The highest BCUT2D eigenvalue weighted by Crippen LogP contribution is 2.25. The summed E-state index contributed by atoms with van der Waals surface area (Å²) < 4.78 is 0. The van der Waals surface area contributed by atoms with Crippen LogP contribution in [0.2, 0.25) is 0 Å². The summed E-state index contributed by atoms with van der Waals surface area (Å²) in [4.78, 5) is 23.8. The van der Waals surface area contributed by atoms with E-state index in [9.17, 15) is 9.59 Å². The first-order valence-corrected chi connectivity index (χ1v) is 10.2. The molecule has 0 heterocycles. The molecule has 0 atom stereocenters. The Labute approximate surface area is 167 Å². The first kappa shape index (κ1) is 20.1. The number of benzene rings is 2. The molecule has 2 N–H and O–H groups in total. The number of hydrogen-bond donors (Lipinski definition) is 2. The van der Waals surface area contributed by atoms with E-state index in [2.05, 4.69) is 29.6 Å². The second-order valence-corrected chi connectivity index (χ2v) is 7.90. The zero-order valence-electron chi connectivity index (χ0n) is 16.2. The molecule has 1 amide bonds. The van der Waals surface area contributed by atoms with Crippen molar-refractivity contribution < 1.29 is 14.7 Å². The molecule has 28 heavy (non-hydrogen) atoms. The van der Waals surface area contributed by atoms with Crippen molar-refractivity contribution in [2.75, 3.05) is 0 Å². The van der Waals surface area contributed by atoms with Gasteiger partial charge in [-0.05, 0) is 55.6 Å². The molecule has 0 saturated heterocycles. The van der Waals surface area contributed by atoms with Crippen LogP contribution < -0.4 is 5.32 Å². The average Bonchev–Trinajstić information content (AvgIpc) is 2.70. The first-order chi connectivity index (χ1) is 13.6. The molecule has 3 rings (SSSR count). The maximum atomic E-state index is 12.7. The predicted octanol–water partition coefficient (Wildman–Crippen LogP) is 4.24. The van der Waals surface area contributed by atoms with Crippen LogP contribution in [-0.2, 0) is 22.4 Å². The standard InChI is InChI=1S/C24H29NO3/c26-23(25-22-13-11-21(12-14-22)24(27)28)17-20(15-18-7-3-1-4-8-18)16-19-9-5-2-6-10-19/h1-10,20-22H,11-17H2,(H,25,26)(H,27,28). The molecule has 0 aromatic heterocycles. The van der Waals surface area contributed by atoms with Crippen molar-refractivity contribution in [3.8, 4) is 0 Å². The summed E-state index contributed by atoms with van der Waals surface area (Å²) in [6, 6.07) is 20.7. The Morgan fingerprint density at radius 1 is 0.857 bits per heavy atom. The molecule has 148 valence electrons. The van der Waals surface area contributed by atoms with Crippen LogP contribution in [-0.4, -0.2) is 23.0 Å². The van der Waals surface area contributed by atoms with Gasteiger partial charge in [-0.15, -0.1) is 0 Å². The smallest absolute Gasteiger partial charge is 0.306 e. The number of hydrogen-bond acceptors (Lipinski definition) is 2. The summed E-state index contributed by atoms with van der Waals surface area (Å²) in [5, 5.41) is 12.3. The van der Waals surface area contributed by atoms with Crippen LogP contribution in [0.4, 0.5) is 0 Å². The number of carbonyl (C=O) groups excluding carboxylic acids is 1. The second kappa shape index (κ2) is 10.1. The van der Waals surface area contributed by atoms with E-state index in [1.54, 1.807) is 0 Å². The number of amides is 1. The van der Waals surface area contributed by atoms with Gasteiger partial charge in [0.1, 0.15) is 0 Å². The maximum absolute atomic E-state index is 12.7.